The Morgan fingerprint density at radius 1 is 1.16 bits per heavy atom. The molecule has 0 spiro atoms. The van der Waals surface area contributed by atoms with E-state index in [1.165, 1.54) is 12.1 Å². The predicted octanol–water partition coefficient (Wildman–Crippen LogP) is 4.50. The third kappa shape index (κ3) is 6.10. The molecule has 3 nitrogen and oxygen atoms in total. The van der Waals surface area contributed by atoms with Gasteiger partial charge in [-0.25, -0.2) is 0 Å². The first-order valence-corrected chi connectivity index (χ1v) is 8.79. The van der Waals surface area contributed by atoms with Crippen molar-refractivity contribution in [2.24, 2.45) is 0 Å². The molecule has 0 radical (unpaired) electrons. The van der Waals surface area contributed by atoms with Crippen molar-refractivity contribution in [1.29, 1.82) is 0 Å². The SMILES string of the molecule is CSc1ccc(CN(C)CC(=O)Nc2cccc(C(F)(F)F)c2)cc1. The standard InChI is InChI=1S/C18H19F3N2OS/c1-23(11-13-6-8-16(25-2)9-7-13)12-17(24)22-15-5-3-4-14(10-15)18(19,20)21/h3-10H,11-12H2,1-2H3,(H,22,24). The van der Waals surface area contributed by atoms with Crippen molar-refractivity contribution in [3.8, 4) is 0 Å². The zero-order chi connectivity index (χ0) is 18.4. The van der Waals surface area contributed by atoms with Crippen LogP contribution in [-0.2, 0) is 17.5 Å². The van der Waals surface area contributed by atoms with E-state index in [1.54, 1.807) is 23.7 Å². The molecule has 7 heteroatoms. The number of halogens is 3. The lowest BCUT2D eigenvalue weighted by Crippen LogP contribution is -2.29. The van der Waals surface area contributed by atoms with E-state index in [0.29, 0.717) is 6.54 Å². The van der Waals surface area contributed by atoms with Gasteiger partial charge < -0.3 is 5.32 Å². The van der Waals surface area contributed by atoms with Gasteiger partial charge in [0.1, 0.15) is 0 Å². The lowest BCUT2D eigenvalue weighted by atomic mass is 10.2. The number of thioether (sulfide) groups is 1. The second-order valence-corrected chi connectivity index (χ2v) is 6.53. The number of hydrogen-bond acceptors (Lipinski definition) is 3. The Hall–Kier alpha value is -1.99. The Kier molecular flexibility index (Phi) is 6.50. The molecule has 0 atom stereocenters. The van der Waals surface area contributed by atoms with Crippen LogP contribution in [0, 0.1) is 0 Å². The van der Waals surface area contributed by atoms with Crippen LogP contribution in [0.1, 0.15) is 11.1 Å². The highest BCUT2D eigenvalue weighted by atomic mass is 32.2. The molecule has 0 saturated carbocycles. The van der Waals surface area contributed by atoms with E-state index in [1.807, 2.05) is 30.5 Å². The predicted molar refractivity (Wildman–Crippen MR) is 94.6 cm³/mol. The molecule has 0 aromatic heterocycles. The first-order valence-electron chi connectivity index (χ1n) is 7.56. The molecule has 0 aliphatic heterocycles. The number of benzene rings is 2. The molecule has 134 valence electrons. The summed E-state index contributed by atoms with van der Waals surface area (Å²) in [5.74, 6) is -0.359. The van der Waals surface area contributed by atoms with E-state index in [2.05, 4.69) is 5.32 Å². The van der Waals surface area contributed by atoms with Crippen molar-refractivity contribution in [3.63, 3.8) is 0 Å². The highest BCUT2D eigenvalue weighted by molar-refractivity contribution is 7.98. The van der Waals surface area contributed by atoms with Crippen LogP contribution >= 0.6 is 11.8 Å². The lowest BCUT2D eigenvalue weighted by molar-refractivity contribution is -0.137. The summed E-state index contributed by atoms with van der Waals surface area (Å²) < 4.78 is 38.1. The molecular weight excluding hydrogens is 349 g/mol. The summed E-state index contributed by atoms with van der Waals surface area (Å²) in [5.41, 5.74) is 0.414. The number of amides is 1. The summed E-state index contributed by atoms with van der Waals surface area (Å²) in [6.45, 7) is 0.658. The molecule has 0 aliphatic rings. The number of nitrogens with zero attached hydrogens (tertiary/aromatic N) is 1. The van der Waals surface area contributed by atoms with Crippen molar-refractivity contribution in [3.05, 3.63) is 59.7 Å². The van der Waals surface area contributed by atoms with Gasteiger partial charge in [-0.15, -0.1) is 11.8 Å². The molecule has 0 saturated heterocycles. The highest BCUT2D eigenvalue weighted by Crippen LogP contribution is 2.30. The van der Waals surface area contributed by atoms with Gasteiger partial charge in [0.15, 0.2) is 0 Å². The molecule has 0 bridgehead atoms. The average Bonchev–Trinajstić information content (AvgIpc) is 2.54. The largest absolute Gasteiger partial charge is 0.416 e. The van der Waals surface area contributed by atoms with Crippen molar-refractivity contribution in [1.82, 2.24) is 4.90 Å². The normalized spacial score (nSPS) is 11.6. The van der Waals surface area contributed by atoms with Crippen LogP contribution in [0.4, 0.5) is 18.9 Å². The van der Waals surface area contributed by atoms with Crippen LogP contribution in [0.2, 0.25) is 0 Å². The number of nitrogens with one attached hydrogen (secondary N) is 1. The van der Waals surface area contributed by atoms with E-state index in [-0.39, 0.29) is 18.1 Å². The lowest BCUT2D eigenvalue weighted by Gasteiger charge is -2.17. The van der Waals surface area contributed by atoms with Gasteiger partial charge >= 0.3 is 6.18 Å². The average molecular weight is 368 g/mol. The van der Waals surface area contributed by atoms with Gasteiger partial charge in [-0.2, -0.15) is 13.2 Å². The fourth-order valence-corrected chi connectivity index (χ4v) is 2.73. The van der Waals surface area contributed by atoms with Crippen LogP contribution in [0.15, 0.2) is 53.4 Å². The van der Waals surface area contributed by atoms with Crippen LogP contribution in [0.5, 0.6) is 0 Å². The number of carbonyl (C=O) groups excluding carboxylic acids is 1. The maximum Gasteiger partial charge on any atom is 0.416 e. The zero-order valence-electron chi connectivity index (χ0n) is 13.9. The third-order valence-electron chi connectivity index (χ3n) is 3.50. The molecule has 0 aliphatic carbocycles. The fourth-order valence-electron chi connectivity index (χ4n) is 2.32. The number of anilines is 1. The molecule has 1 amide bonds. The van der Waals surface area contributed by atoms with E-state index in [0.717, 1.165) is 22.6 Å². The number of likely N-dealkylation sites (N-methyl/N-ethyl adjacent to an activating group) is 1. The zero-order valence-corrected chi connectivity index (χ0v) is 14.7. The number of alkyl halides is 3. The topological polar surface area (TPSA) is 32.3 Å². The number of hydrogen-bond donors (Lipinski definition) is 1. The molecular formula is C18H19F3N2OS. The molecule has 2 aromatic carbocycles. The summed E-state index contributed by atoms with van der Waals surface area (Å²) in [6, 6.07) is 12.6. The summed E-state index contributed by atoms with van der Waals surface area (Å²) in [7, 11) is 1.79. The van der Waals surface area contributed by atoms with Crippen molar-refractivity contribution < 1.29 is 18.0 Å². The minimum atomic E-state index is -4.43. The molecule has 2 rings (SSSR count). The Morgan fingerprint density at radius 3 is 2.44 bits per heavy atom. The third-order valence-corrected chi connectivity index (χ3v) is 4.24. The summed E-state index contributed by atoms with van der Waals surface area (Å²) >= 11 is 1.65. The van der Waals surface area contributed by atoms with Crippen LogP contribution in [0.3, 0.4) is 0 Å². The van der Waals surface area contributed by atoms with Gasteiger partial charge in [-0.1, -0.05) is 18.2 Å². The highest BCUT2D eigenvalue weighted by Gasteiger charge is 2.30. The Balaban J connectivity index is 1.90. The van der Waals surface area contributed by atoms with Crippen LogP contribution < -0.4 is 5.32 Å². The second-order valence-electron chi connectivity index (χ2n) is 5.65. The molecule has 0 fully saturated rings. The minimum absolute atomic E-state index is 0.0839. The Morgan fingerprint density at radius 2 is 1.84 bits per heavy atom. The van der Waals surface area contributed by atoms with Crippen molar-refractivity contribution in [2.45, 2.75) is 17.6 Å². The van der Waals surface area contributed by atoms with Crippen molar-refractivity contribution >= 4 is 23.4 Å². The second kappa shape index (κ2) is 8.40. The summed E-state index contributed by atoms with van der Waals surface area (Å²) in [4.78, 5) is 15.0. The van der Waals surface area contributed by atoms with E-state index < -0.39 is 11.7 Å². The van der Waals surface area contributed by atoms with Crippen molar-refractivity contribution in [2.75, 3.05) is 25.2 Å². The van der Waals surface area contributed by atoms with Gasteiger partial charge in [0, 0.05) is 17.1 Å². The van der Waals surface area contributed by atoms with E-state index in [9.17, 15) is 18.0 Å². The maximum atomic E-state index is 12.7. The Bertz CT molecular complexity index is 717. The van der Waals surface area contributed by atoms with Gasteiger partial charge in [0.2, 0.25) is 5.91 Å². The first kappa shape index (κ1) is 19.3. The van der Waals surface area contributed by atoms with Gasteiger partial charge in [-0.05, 0) is 49.2 Å². The van der Waals surface area contributed by atoms with Crippen LogP contribution in [0.25, 0.3) is 0 Å². The van der Waals surface area contributed by atoms with Gasteiger partial charge in [0.05, 0.1) is 12.1 Å². The first-order chi connectivity index (χ1) is 11.8. The monoisotopic (exact) mass is 368 g/mol. The van der Waals surface area contributed by atoms with E-state index in [4.69, 9.17) is 0 Å². The molecule has 0 heterocycles. The van der Waals surface area contributed by atoms with E-state index >= 15 is 0 Å². The molecule has 2 aromatic rings. The molecule has 0 unspecified atom stereocenters. The maximum absolute atomic E-state index is 12.7. The number of rotatable bonds is 6. The Labute approximate surface area is 149 Å². The molecule has 25 heavy (non-hydrogen) atoms. The smallest absolute Gasteiger partial charge is 0.325 e. The van der Waals surface area contributed by atoms with Gasteiger partial charge in [-0.3, -0.25) is 9.69 Å². The van der Waals surface area contributed by atoms with Crippen LogP contribution in [-0.4, -0.2) is 30.7 Å². The minimum Gasteiger partial charge on any atom is -0.325 e. The number of carbonyl (C=O) groups is 1. The summed E-state index contributed by atoms with van der Waals surface area (Å²) in [6.07, 6.45) is -2.43. The quantitative estimate of drug-likeness (QED) is 0.762. The van der Waals surface area contributed by atoms with Gasteiger partial charge in [0.25, 0.3) is 0 Å². The molecule has 1 N–H and O–H groups in total. The summed E-state index contributed by atoms with van der Waals surface area (Å²) in [5, 5.41) is 2.51. The fraction of sp³-hybridized carbons (Fsp3) is 0.278.